The molecule has 0 atom stereocenters. The lowest BCUT2D eigenvalue weighted by atomic mass is 10.1. The fraction of sp³-hybridized carbons (Fsp3) is 0.476. The zero-order valence-corrected chi connectivity index (χ0v) is 16.4. The summed E-state index contributed by atoms with van der Waals surface area (Å²) in [7, 11) is 3.16. The molecular weight excluding hydrogens is 340 g/mol. The van der Waals surface area contributed by atoms with Crippen LogP contribution in [0.2, 0.25) is 0 Å². The predicted octanol–water partition coefficient (Wildman–Crippen LogP) is 4.12. The van der Waals surface area contributed by atoms with Crippen LogP contribution in [-0.2, 0) is 22.6 Å². The van der Waals surface area contributed by atoms with Gasteiger partial charge >= 0.3 is 0 Å². The number of rotatable bonds is 9. The highest BCUT2D eigenvalue weighted by Gasteiger charge is 2.14. The van der Waals surface area contributed by atoms with E-state index >= 15 is 0 Å². The number of carbonyl (C=O) groups is 1. The number of unbranched alkanes of at least 4 members (excludes halogenated alkanes) is 2. The second-order valence-corrected chi connectivity index (χ2v) is 6.82. The lowest BCUT2D eigenvalue weighted by molar-refractivity contribution is -0.168. The highest BCUT2D eigenvalue weighted by Crippen LogP contribution is 2.25. The van der Waals surface area contributed by atoms with Crippen molar-refractivity contribution in [3.8, 4) is 0 Å². The smallest absolute Gasteiger partial charge is 0.245 e. The molecule has 0 saturated heterocycles. The van der Waals surface area contributed by atoms with Gasteiger partial charge in [-0.1, -0.05) is 31.5 Å². The zero-order chi connectivity index (χ0) is 19.2. The van der Waals surface area contributed by atoms with Crippen molar-refractivity contribution in [3.63, 3.8) is 0 Å². The number of imidazole rings is 1. The minimum atomic E-state index is 0.0225. The van der Waals surface area contributed by atoms with Gasteiger partial charge in [-0.15, -0.1) is 0 Å². The number of amides is 1. The zero-order valence-electron chi connectivity index (χ0n) is 16.4. The Bertz CT molecular complexity index is 919. The van der Waals surface area contributed by atoms with Gasteiger partial charge in [0.2, 0.25) is 5.91 Å². The molecule has 144 valence electrons. The largest absolute Gasteiger partial charge is 0.327 e. The number of aryl methyl sites for hydroxylation is 2. The summed E-state index contributed by atoms with van der Waals surface area (Å²) in [5.41, 5.74) is 3.15. The van der Waals surface area contributed by atoms with Crippen LogP contribution in [0.1, 0.15) is 44.9 Å². The number of para-hydroxylation sites is 1. The molecule has 0 saturated carbocycles. The Labute approximate surface area is 160 Å². The Hall–Kier alpha value is -2.47. The lowest BCUT2D eigenvalue weighted by Gasteiger charge is -2.13. The maximum Gasteiger partial charge on any atom is 0.245 e. The molecule has 3 rings (SSSR count). The third kappa shape index (κ3) is 4.27. The number of hydrogen-bond donors (Lipinski definition) is 0. The monoisotopic (exact) mass is 368 g/mol. The molecular formula is C21H28N4O2. The molecule has 0 unspecified atom stereocenters. The van der Waals surface area contributed by atoms with Gasteiger partial charge in [-0.05, 0) is 25.3 Å². The van der Waals surface area contributed by atoms with E-state index < -0.39 is 0 Å². The molecule has 6 nitrogen and oxygen atoms in total. The molecule has 0 N–H and O–H groups in total. The van der Waals surface area contributed by atoms with Gasteiger partial charge in [-0.2, -0.15) is 0 Å². The van der Waals surface area contributed by atoms with Gasteiger partial charge in [0.15, 0.2) is 0 Å². The minimum Gasteiger partial charge on any atom is -0.327 e. The number of pyridine rings is 1. The second kappa shape index (κ2) is 8.95. The maximum atomic E-state index is 11.8. The van der Waals surface area contributed by atoms with Crippen LogP contribution >= 0.6 is 0 Å². The Morgan fingerprint density at radius 2 is 2.00 bits per heavy atom. The maximum absolute atomic E-state index is 11.8. The molecule has 0 bridgehead atoms. The Morgan fingerprint density at radius 3 is 2.78 bits per heavy atom. The molecule has 1 aromatic carbocycles. The van der Waals surface area contributed by atoms with Crippen molar-refractivity contribution < 1.29 is 9.63 Å². The van der Waals surface area contributed by atoms with Gasteiger partial charge in [0.05, 0.1) is 24.3 Å². The molecule has 0 fully saturated rings. The van der Waals surface area contributed by atoms with E-state index in [0.717, 1.165) is 60.9 Å². The first-order valence-corrected chi connectivity index (χ1v) is 9.69. The van der Waals surface area contributed by atoms with E-state index in [-0.39, 0.29) is 5.91 Å². The topological polar surface area (TPSA) is 60.2 Å². The summed E-state index contributed by atoms with van der Waals surface area (Å²) in [4.78, 5) is 26.1. The van der Waals surface area contributed by atoms with Gasteiger partial charge in [0.25, 0.3) is 0 Å². The Morgan fingerprint density at radius 1 is 1.19 bits per heavy atom. The molecule has 0 radical (unpaired) electrons. The average molecular weight is 368 g/mol. The highest BCUT2D eigenvalue weighted by atomic mass is 16.7. The average Bonchev–Trinajstić information content (AvgIpc) is 3.05. The van der Waals surface area contributed by atoms with Crippen LogP contribution in [0.3, 0.4) is 0 Å². The number of carbonyl (C=O) groups excluding carboxylic acids is 1. The number of benzene rings is 1. The molecule has 6 heteroatoms. The third-order valence-electron chi connectivity index (χ3n) is 4.93. The summed E-state index contributed by atoms with van der Waals surface area (Å²) in [5, 5.41) is 2.45. The van der Waals surface area contributed by atoms with Gasteiger partial charge in [-0.25, -0.2) is 10.0 Å². The first kappa shape index (κ1) is 19.3. The fourth-order valence-electron chi connectivity index (χ4n) is 3.45. The SMILES string of the molecule is CCCc1nc2cnc3ccccc3c2n1CCCCCC(=O)N(C)OC. The fourth-order valence-corrected chi connectivity index (χ4v) is 3.45. The summed E-state index contributed by atoms with van der Waals surface area (Å²) in [6.07, 6.45) is 7.30. The molecule has 2 aromatic heterocycles. The summed E-state index contributed by atoms with van der Waals surface area (Å²) >= 11 is 0. The first-order chi connectivity index (χ1) is 13.2. The van der Waals surface area contributed by atoms with Crippen molar-refractivity contribution in [3.05, 3.63) is 36.3 Å². The molecule has 0 spiro atoms. The van der Waals surface area contributed by atoms with Crippen molar-refractivity contribution in [2.24, 2.45) is 0 Å². The first-order valence-electron chi connectivity index (χ1n) is 9.69. The number of aromatic nitrogens is 3. The van der Waals surface area contributed by atoms with Gasteiger partial charge in [-0.3, -0.25) is 14.6 Å². The summed E-state index contributed by atoms with van der Waals surface area (Å²) in [6.45, 7) is 3.09. The molecule has 1 amide bonds. The van der Waals surface area contributed by atoms with E-state index in [1.54, 1.807) is 7.05 Å². The Balaban J connectivity index is 1.75. The summed E-state index contributed by atoms with van der Waals surface area (Å²) in [5.74, 6) is 1.15. The standard InChI is InChI=1S/C21H28N4O2/c1-4-10-19-23-18-15-22-17-12-8-7-11-16(17)21(18)25(19)14-9-5-6-13-20(26)24(2)27-3/h7-8,11-12,15H,4-6,9-10,13-14H2,1-3H3. The van der Waals surface area contributed by atoms with E-state index in [0.29, 0.717) is 6.42 Å². The number of fused-ring (bicyclic) bond motifs is 3. The van der Waals surface area contributed by atoms with E-state index in [1.165, 1.54) is 17.7 Å². The molecule has 0 aliphatic heterocycles. The molecule has 0 aliphatic rings. The van der Waals surface area contributed by atoms with Crippen LogP contribution in [0, 0.1) is 0 Å². The molecule has 2 heterocycles. The number of hydrogen-bond acceptors (Lipinski definition) is 4. The van der Waals surface area contributed by atoms with E-state index in [1.807, 2.05) is 18.3 Å². The van der Waals surface area contributed by atoms with E-state index in [9.17, 15) is 4.79 Å². The third-order valence-corrected chi connectivity index (χ3v) is 4.93. The van der Waals surface area contributed by atoms with Crippen molar-refractivity contribution in [2.45, 2.75) is 52.0 Å². The van der Waals surface area contributed by atoms with Gasteiger partial charge in [0.1, 0.15) is 11.3 Å². The van der Waals surface area contributed by atoms with Crippen molar-refractivity contribution in [2.75, 3.05) is 14.2 Å². The van der Waals surface area contributed by atoms with Crippen molar-refractivity contribution in [1.29, 1.82) is 0 Å². The van der Waals surface area contributed by atoms with Crippen LogP contribution in [0.25, 0.3) is 21.9 Å². The van der Waals surface area contributed by atoms with Crippen molar-refractivity contribution >= 4 is 27.8 Å². The predicted molar refractivity (Wildman–Crippen MR) is 107 cm³/mol. The second-order valence-electron chi connectivity index (χ2n) is 6.82. The Kier molecular flexibility index (Phi) is 6.40. The van der Waals surface area contributed by atoms with E-state index in [4.69, 9.17) is 9.82 Å². The number of nitrogens with zero attached hydrogens (tertiary/aromatic N) is 4. The van der Waals surface area contributed by atoms with Gasteiger partial charge in [0, 0.05) is 31.8 Å². The quantitative estimate of drug-likeness (QED) is 0.421. The van der Waals surface area contributed by atoms with Crippen LogP contribution in [0.15, 0.2) is 30.5 Å². The van der Waals surface area contributed by atoms with Crippen LogP contribution in [0.5, 0.6) is 0 Å². The molecule has 3 aromatic rings. The van der Waals surface area contributed by atoms with Crippen molar-refractivity contribution in [1.82, 2.24) is 19.6 Å². The van der Waals surface area contributed by atoms with E-state index in [2.05, 4.69) is 28.6 Å². The normalized spacial score (nSPS) is 11.4. The van der Waals surface area contributed by atoms with Crippen LogP contribution in [0.4, 0.5) is 0 Å². The minimum absolute atomic E-state index is 0.0225. The van der Waals surface area contributed by atoms with Crippen LogP contribution in [-0.4, -0.2) is 39.7 Å². The van der Waals surface area contributed by atoms with Gasteiger partial charge < -0.3 is 4.57 Å². The summed E-state index contributed by atoms with van der Waals surface area (Å²) < 4.78 is 2.35. The lowest BCUT2D eigenvalue weighted by Crippen LogP contribution is -2.24. The molecule has 27 heavy (non-hydrogen) atoms. The summed E-state index contributed by atoms with van der Waals surface area (Å²) in [6, 6.07) is 8.24. The number of hydroxylamine groups is 2. The van der Waals surface area contributed by atoms with Crippen LogP contribution < -0.4 is 0 Å². The molecule has 0 aliphatic carbocycles. The highest BCUT2D eigenvalue weighted by molar-refractivity contribution is 6.02.